The average molecular weight is 408 g/mol. The SMILES string of the molecule is CCOc1cccc(N2C(=O)C(Nc3ccc(F)cc3)=C(c3cccs3)C2=O)c1. The van der Waals surface area contributed by atoms with Gasteiger partial charge in [0.05, 0.1) is 17.9 Å². The van der Waals surface area contributed by atoms with Crippen molar-refractivity contribution in [3.63, 3.8) is 0 Å². The lowest BCUT2D eigenvalue weighted by Crippen LogP contribution is -2.32. The first kappa shape index (κ1) is 18.9. The van der Waals surface area contributed by atoms with Crippen LogP contribution in [-0.2, 0) is 9.59 Å². The molecule has 3 aromatic rings. The molecule has 0 unspecified atom stereocenters. The van der Waals surface area contributed by atoms with Crippen LogP contribution >= 0.6 is 11.3 Å². The molecule has 0 fully saturated rings. The van der Waals surface area contributed by atoms with Crippen LogP contribution in [-0.4, -0.2) is 18.4 Å². The molecule has 2 amide bonds. The number of thiophene rings is 1. The van der Waals surface area contributed by atoms with Gasteiger partial charge in [-0.3, -0.25) is 9.59 Å². The number of hydrogen-bond donors (Lipinski definition) is 1. The summed E-state index contributed by atoms with van der Waals surface area (Å²) in [5.41, 5.74) is 1.39. The molecule has 5 nitrogen and oxygen atoms in total. The fourth-order valence-electron chi connectivity index (χ4n) is 3.09. The summed E-state index contributed by atoms with van der Waals surface area (Å²) in [6.07, 6.45) is 0. The van der Waals surface area contributed by atoms with E-state index in [-0.39, 0.29) is 17.1 Å². The van der Waals surface area contributed by atoms with Gasteiger partial charge in [0.1, 0.15) is 17.3 Å². The quantitative estimate of drug-likeness (QED) is 0.602. The topological polar surface area (TPSA) is 58.6 Å². The number of imide groups is 1. The first-order chi connectivity index (χ1) is 14.1. The minimum absolute atomic E-state index is 0.158. The van der Waals surface area contributed by atoms with E-state index >= 15 is 0 Å². The van der Waals surface area contributed by atoms with Crippen LogP contribution in [0.1, 0.15) is 11.8 Å². The fourth-order valence-corrected chi connectivity index (χ4v) is 3.85. The fraction of sp³-hybridized carbons (Fsp3) is 0.0909. The van der Waals surface area contributed by atoms with E-state index < -0.39 is 11.8 Å². The molecular weight excluding hydrogens is 391 g/mol. The third kappa shape index (κ3) is 3.64. The van der Waals surface area contributed by atoms with E-state index in [1.54, 1.807) is 30.3 Å². The highest BCUT2D eigenvalue weighted by atomic mass is 32.1. The number of carbonyl (C=O) groups excluding carboxylic acids is 2. The molecule has 0 saturated heterocycles. The molecule has 1 N–H and O–H groups in total. The van der Waals surface area contributed by atoms with Crippen LogP contribution in [0, 0.1) is 5.82 Å². The number of nitrogens with one attached hydrogen (secondary N) is 1. The zero-order chi connectivity index (χ0) is 20.4. The Balaban J connectivity index is 1.76. The van der Waals surface area contributed by atoms with Crippen LogP contribution in [0.15, 0.2) is 71.7 Å². The third-order valence-electron chi connectivity index (χ3n) is 4.35. The monoisotopic (exact) mass is 408 g/mol. The molecule has 7 heteroatoms. The summed E-state index contributed by atoms with van der Waals surface area (Å²) in [7, 11) is 0. The van der Waals surface area contributed by atoms with Crippen molar-refractivity contribution in [2.75, 3.05) is 16.8 Å². The van der Waals surface area contributed by atoms with Crippen molar-refractivity contribution in [1.82, 2.24) is 0 Å². The molecule has 1 aliphatic heterocycles. The minimum Gasteiger partial charge on any atom is -0.494 e. The van der Waals surface area contributed by atoms with Crippen molar-refractivity contribution in [3.8, 4) is 5.75 Å². The molecule has 1 aliphatic rings. The number of halogens is 1. The number of benzene rings is 2. The second-order valence-corrected chi connectivity index (χ2v) is 7.18. The first-order valence-corrected chi connectivity index (χ1v) is 9.89. The van der Waals surface area contributed by atoms with Gasteiger partial charge in [-0.25, -0.2) is 9.29 Å². The van der Waals surface area contributed by atoms with E-state index in [9.17, 15) is 14.0 Å². The summed E-state index contributed by atoms with van der Waals surface area (Å²) in [4.78, 5) is 28.3. The summed E-state index contributed by atoms with van der Waals surface area (Å²) in [5.74, 6) is -0.707. The number of nitrogens with zero attached hydrogens (tertiary/aromatic N) is 1. The van der Waals surface area contributed by atoms with Gasteiger partial charge in [-0.05, 0) is 54.8 Å². The second-order valence-electron chi connectivity index (χ2n) is 6.24. The highest BCUT2D eigenvalue weighted by Crippen LogP contribution is 2.36. The van der Waals surface area contributed by atoms with E-state index in [4.69, 9.17) is 4.74 Å². The summed E-state index contributed by atoms with van der Waals surface area (Å²) >= 11 is 1.37. The number of ether oxygens (including phenoxy) is 1. The van der Waals surface area contributed by atoms with Crippen molar-refractivity contribution >= 4 is 40.1 Å². The Labute approximate surface area is 171 Å². The molecule has 146 valence electrons. The minimum atomic E-state index is -0.476. The lowest BCUT2D eigenvalue weighted by Gasteiger charge is -2.16. The zero-order valence-corrected chi connectivity index (χ0v) is 16.3. The van der Waals surface area contributed by atoms with Gasteiger partial charge in [0.25, 0.3) is 11.8 Å². The molecule has 0 saturated carbocycles. The number of anilines is 2. The van der Waals surface area contributed by atoms with Crippen LogP contribution < -0.4 is 15.0 Å². The number of rotatable bonds is 6. The van der Waals surface area contributed by atoms with Crippen molar-refractivity contribution in [3.05, 3.63) is 82.4 Å². The molecule has 0 spiro atoms. The molecular formula is C22H17FN2O3S. The molecule has 4 rings (SSSR count). The number of carbonyl (C=O) groups is 2. The lowest BCUT2D eigenvalue weighted by atomic mass is 10.2. The molecule has 0 aliphatic carbocycles. The van der Waals surface area contributed by atoms with Crippen LogP contribution in [0.5, 0.6) is 5.75 Å². The Morgan fingerprint density at radius 1 is 1.03 bits per heavy atom. The predicted octanol–water partition coefficient (Wildman–Crippen LogP) is 4.68. The molecule has 0 atom stereocenters. The maximum Gasteiger partial charge on any atom is 0.282 e. The summed E-state index contributed by atoms with van der Waals surface area (Å²) in [5, 5.41) is 4.84. The maximum atomic E-state index is 13.3. The Bertz CT molecular complexity index is 1090. The van der Waals surface area contributed by atoms with Gasteiger partial charge in [0, 0.05) is 16.6 Å². The van der Waals surface area contributed by atoms with E-state index in [0.717, 1.165) is 4.90 Å². The highest BCUT2D eigenvalue weighted by Gasteiger charge is 2.40. The van der Waals surface area contributed by atoms with Crippen molar-refractivity contribution in [1.29, 1.82) is 0 Å². The van der Waals surface area contributed by atoms with E-state index in [2.05, 4.69) is 5.32 Å². The Morgan fingerprint density at radius 2 is 1.83 bits per heavy atom. The summed E-state index contributed by atoms with van der Waals surface area (Å²) < 4.78 is 18.7. The van der Waals surface area contributed by atoms with Crippen molar-refractivity contribution in [2.24, 2.45) is 0 Å². The van der Waals surface area contributed by atoms with E-state index in [1.165, 1.54) is 35.6 Å². The molecule has 0 bridgehead atoms. The van der Waals surface area contributed by atoms with E-state index in [1.807, 2.05) is 18.4 Å². The van der Waals surface area contributed by atoms with Crippen LogP contribution in [0.25, 0.3) is 5.57 Å². The first-order valence-electron chi connectivity index (χ1n) is 9.01. The van der Waals surface area contributed by atoms with Crippen LogP contribution in [0.2, 0.25) is 0 Å². The van der Waals surface area contributed by atoms with Gasteiger partial charge < -0.3 is 10.1 Å². The van der Waals surface area contributed by atoms with Gasteiger partial charge in [-0.15, -0.1) is 11.3 Å². The van der Waals surface area contributed by atoms with Gasteiger partial charge in [-0.1, -0.05) is 12.1 Å². The smallest absolute Gasteiger partial charge is 0.282 e. The molecule has 0 radical (unpaired) electrons. The number of amides is 2. The molecule has 1 aromatic heterocycles. The summed E-state index contributed by atoms with van der Waals surface area (Å²) in [6, 6.07) is 16.1. The van der Waals surface area contributed by atoms with E-state index in [0.29, 0.717) is 28.6 Å². The molecule has 29 heavy (non-hydrogen) atoms. The standard InChI is InChI=1S/C22H17FN2O3S/c1-2-28-17-6-3-5-16(13-17)25-21(26)19(18-7-4-12-29-18)20(22(25)27)24-15-10-8-14(23)9-11-15/h3-13,24H,2H2,1H3. The maximum absolute atomic E-state index is 13.3. The Hall–Kier alpha value is -3.45. The van der Waals surface area contributed by atoms with Crippen molar-refractivity contribution < 1.29 is 18.7 Å². The Kier molecular flexibility index (Phi) is 5.14. The molecule has 2 aromatic carbocycles. The summed E-state index contributed by atoms with van der Waals surface area (Å²) in [6.45, 7) is 2.33. The normalized spacial score (nSPS) is 13.9. The van der Waals surface area contributed by atoms with Gasteiger partial charge >= 0.3 is 0 Å². The van der Waals surface area contributed by atoms with Gasteiger partial charge in [-0.2, -0.15) is 0 Å². The molecule has 2 heterocycles. The van der Waals surface area contributed by atoms with Crippen LogP contribution in [0.3, 0.4) is 0 Å². The highest BCUT2D eigenvalue weighted by molar-refractivity contribution is 7.11. The third-order valence-corrected chi connectivity index (χ3v) is 5.24. The largest absolute Gasteiger partial charge is 0.494 e. The van der Waals surface area contributed by atoms with Crippen molar-refractivity contribution in [2.45, 2.75) is 6.92 Å². The average Bonchev–Trinajstić information content (AvgIpc) is 3.31. The zero-order valence-electron chi connectivity index (χ0n) is 15.5. The van der Waals surface area contributed by atoms with Crippen LogP contribution in [0.4, 0.5) is 15.8 Å². The van der Waals surface area contributed by atoms with Gasteiger partial charge in [0.15, 0.2) is 0 Å². The lowest BCUT2D eigenvalue weighted by molar-refractivity contribution is -0.120. The Morgan fingerprint density at radius 3 is 2.52 bits per heavy atom. The number of hydrogen-bond acceptors (Lipinski definition) is 5. The predicted molar refractivity (Wildman–Crippen MR) is 111 cm³/mol. The van der Waals surface area contributed by atoms with Gasteiger partial charge in [0.2, 0.25) is 0 Å². The second kappa shape index (κ2) is 7.89.